The van der Waals surface area contributed by atoms with Crippen LogP contribution in [-0.4, -0.2) is 70.6 Å². The number of hydrogen-bond acceptors (Lipinski definition) is 6. The molecular formula is C14H20N6O2S. The van der Waals surface area contributed by atoms with Crippen molar-refractivity contribution in [2.45, 2.75) is 18.7 Å². The second-order valence-electron chi connectivity index (χ2n) is 5.54. The minimum Gasteiger partial charge on any atom is -0.301 e. The molecule has 0 bridgehead atoms. The van der Waals surface area contributed by atoms with E-state index in [0.717, 1.165) is 30.9 Å². The third-order valence-corrected chi connectivity index (χ3v) is 6.07. The van der Waals surface area contributed by atoms with Crippen LogP contribution in [-0.2, 0) is 10.0 Å². The van der Waals surface area contributed by atoms with Gasteiger partial charge in [0, 0.05) is 26.2 Å². The van der Waals surface area contributed by atoms with E-state index in [-0.39, 0.29) is 0 Å². The molecule has 23 heavy (non-hydrogen) atoms. The van der Waals surface area contributed by atoms with E-state index in [0.29, 0.717) is 18.0 Å². The Kier molecular flexibility index (Phi) is 4.42. The number of sulfonamides is 1. The SMILES string of the molecule is CCN1CCN(S(=O)(=O)c2ccc(-n3cnnn3)c(C)c2)CC1. The Morgan fingerprint density at radius 1 is 1.17 bits per heavy atom. The zero-order valence-electron chi connectivity index (χ0n) is 13.3. The summed E-state index contributed by atoms with van der Waals surface area (Å²) in [5.41, 5.74) is 1.58. The summed E-state index contributed by atoms with van der Waals surface area (Å²) in [6.45, 7) is 7.51. The maximum Gasteiger partial charge on any atom is 0.243 e. The molecule has 1 aromatic carbocycles. The van der Waals surface area contributed by atoms with E-state index in [2.05, 4.69) is 27.3 Å². The third-order valence-electron chi connectivity index (χ3n) is 4.18. The van der Waals surface area contributed by atoms with Gasteiger partial charge in [0.1, 0.15) is 6.33 Å². The molecule has 1 aliphatic rings. The number of nitrogens with zero attached hydrogens (tertiary/aromatic N) is 6. The largest absolute Gasteiger partial charge is 0.301 e. The number of likely N-dealkylation sites (N-methyl/N-ethyl adjacent to an activating group) is 1. The molecular weight excluding hydrogens is 316 g/mol. The Balaban J connectivity index is 1.85. The lowest BCUT2D eigenvalue weighted by molar-refractivity contribution is 0.196. The first-order valence-electron chi connectivity index (χ1n) is 7.59. The van der Waals surface area contributed by atoms with Crippen LogP contribution in [0.3, 0.4) is 0 Å². The van der Waals surface area contributed by atoms with Crippen LogP contribution in [0.1, 0.15) is 12.5 Å². The summed E-state index contributed by atoms with van der Waals surface area (Å²) in [7, 11) is -3.46. The summed E-state index contributed by atoms with van der Waals surface area (Å²) in [5, 5.41) is 11.0. The van der Waals surface area contributed by atoms with Gasteiger partial charge in [-0.1, -0.05) is 6.92 Å². The number of piperazine rings is 1. The lowest BCUT2D eigenvalue weighted by atomic mass is 10.2. The van der Waals surface area contributed by atoms with E-state index < -0.39 is 10.0 Å². The molecule has 0 amide bonds. The quantitative estimate of drug-likeness (QED) is 0.798. The van der Waals surface area contributed by atoms with Crippen LogP contribution in [0.5, 0.6) is 0 Å². The van der Waals surface area contributed by atoms with E-state index in [4.69, 9.17) is 0 Å². The van der Waals surface area contributed by atoms with Crippen molar-refractivity contribution in [3.63, 3.8) is 0 Å². The Morgan fingerprint density at radius 3 is 2.48 bits per heavy atom. The second-order valence-corrected chi connectivity index (χ2v) is 7.48. The average Bonchev–Trinajstić information content (AvgIpc) is 3.09. The fourth-order valence-corrected chi connectivity index (χ4v) is 4.26. The highest BCUT2D eigenvalue weighted by Gasteiger charge is 2.28. The van der Waals surface area contributed by atoms with E-state index in [1.54, 1.807) is 22.5 Å². The first kappa shape index (κ1) is 16.0. The molecule has 0 aliphatic carbocycles. The lowest BCUT2D eigenvalue weighted by Crippen LogP contribution is -2.48. The first-order chi connectivity index (χ1) is 11.0. The van der Waals surface area contributed by atoms with Crippen molar-refractivity contribution in [3.05, 3.63) is 30.1 Å². The molecule has 2 heterocycles. The molecule has 0 atom stereocenters. The normalized spacial score (nSPS) is 17.5. The fraction of sp³-hybridized carbons (Fsp3) is 0.500. The van der Waals surface area contributed by atoms with E-state index in [1.165, 1.54) is 11.0 Å². The minimum absolute atomic E-state index is 0.316. The molecule has 0 spiro atoms. The van der Waals surface area contributed by atoms with Crippen LogP contribution >= 0.6 is 0 Å². The molecule has 0 unspecified atom stereocenters. The van der Waals surface area contributed by atoms with Gasteiger partial charge in [0.05, 0.1) is 10.6 Å². The van der Waals surface area contributed by atoms with Crippen LogP contribution in [0.4, 0.5) is 0 Å². The Hall–Kier alpha value is -1.84. The predicted molar refractivity (Wildman–Crippen MR) is 84.8 cm³/mol. The number of benzene rings is 1. The summed E-state index contributed by atoms with van der Waals surface area (Å²) in [6, 6.07) is 5.03. The van der Waals surface area contributed by atoms with Crippen molar-refractivity contribution in [3.8, 4) is 5.69 Å². The number of tetrazole rings is 1. The van der Waals surface area contributed by atoms with Gasteiger partial charge in [-0.2, -0.15) is 4.31 Å². The van der Waals surface area contributed by atoms with Crippen molar-refractivity contribution >= 4 is 10.0 Å². The van der Waals surface area contributed by atoms with Gasteiger partial charge in [-0.25, -0.2) is 13.1 Å². The van der Waals surface area contributed by atoms with E-state index in [9.17, 15) is 8.42 Å². The highest BCUT2D eigenvalue weighted by atomic mass is 32.2. The van der Waals surface area contributed by atoms with Gasteiger partial charge in [0.15, 0.2) is 0 Å². The van der Waals surface area contributed by atoms with Crippen molar-refractivity contribution in [2.75, 3.05) is 32.7 Å². The van der Waals surface area contributed by atoms with Crippen molar-refractivity contribution in [1.29, 1.82) is 0 Å². The number of aromatic nitrogens is 4. The molecule has 8 nitrogen and oxygen atoms in total. The van der Waals surface area contributed by atoms with E-state index in [1.807, 2.05) is 6.92 Å². The monoisotopic (exact) mass is 336 g/mol. The van der Waals surface area contributed by atoms with Gasteiger partial charge in [-0.15, -0.1) is 5.10 Å². The number of hydrogen-bond donors (Lipinski definition) is 0. The molecule has 0 saturated carbocycles. The molecule has 0 radical (unpaired) electrons. The van der Waals surface area contributed by atoms with Gasteiger partial charge in [-0.3, -0.25) is 0 Å². The summed E-state index contributed by atoms with van der Waals surface area (Å²) < 4.78 is 28.7. The van der Waals surface area contributed by atoms with Crippen molar-refractivity contribution < 1.29 is 8.42 Å². The standard InChI is InChI=1S/C14H20N6O2S/c1-3-18-6-8-19(9-7-18)23(21,22)13-4-5-14(12(2)10-13)20-11-15-16-17-20/h4-5,10-11H,3,6-9H2,1-2H3. The molecule has 1 aromatic heterocycles. The second kappa shape index (κ2) is 6.34. The maximum atomic E-state index is 12.8. The fourth-order valence-electron chi connectivity index (χ4n) is 2.75. The Labute approximate surface area is 135 Å². The zero-order chi connectivity index (χ0) is 16.4. The van der Waals surface area contributed by atoms with Gasteiger partial charge in [0.2, 0.25) is 10.0 Å². The van der Waals surface area contributed by atoms with E-state index >= 15 is 0 Å². The smallest absolute Gasteiger partial charge is 0.243 e. The third kappa shape index (κ3) is 3.12. The van der Waals surface area contributed by atoms with Crippen molar-refractivity contribution in [1.82, 2.24) is 29.4 Å². The molecule has 0 N–H and O–H groups in total. The molecule has 9 heteroatoms. The highest BCUT2D eigenvalue weighted by Crippen LogP contribution is 2.22. The number of rotatable bonds is 4. The minimum atomic E-state index is -3.46. The Bertz CT molecular complexity index is 767. The topological polar surface area (TPSA) is 84.2 Å². The van der Waals surface area contributed by atoms with Crippen LogP contribution in [0.25, 0.3) is 5.69 Å². The van der Waals surface area contributed by atoms with Gasteiger partial charge in [0.25, 0.3) is 0 Å². The highest BCUT2D eigenvalue weighted by molar-refractivity contribution is 7.89. The van der Waals surface area contributed by atoms with Gasteiger partial charge < -0.3 is 4.90 Å². The summed E-state index contributed by atoms with van der Waals surface area (Å²) in [5.74, 6) is 0. The first-order valence-corrected chi connectivity index (χ1v) is 9.03. The molecule has 3 rings (SSSR count). The lowest BCUT2D eigenvalue weighted by Gasteiger charge is -2.33. The number of aryl methyl sites for hydroxylation is 1. The summed E-state index contributed by atoms with van der Waals surface area (Å²) >= 11 is 0. The summed E-state index contributed by atoms with van der Waals surface area (Å²) in [4.78, 5) is 2.56. The van der Waals surface area contributed by atoms with Crippen LogP contribution in [0.2, 0.25) is 0 Å². The van der Waals surface area contributed by atoms with Crippen LogP contribution < -0.4 is 0 Å². The molecule has 1 saturated heterocycles. The zero-order valence-corrected chi connectivity index (χ0v) is 14.1. The molecule has 2 aromatic rings. The van der Waals surface area contributed by atoms with Crippen molar-refractivity contribution in [2.24, 2.45) is 0 Å². The average molecular weight is 336 g/mol. The van der Waals surface area contributed by atoms with Gasteiger partial charge in [-0.05, 0) is 47.7 Å². The predicted octanol–water partition coefficient (Wildman–Crippen LogP) is 0.297. The molecule has 1 aliphatic heterocycles. The maximum absolute atomic E-state index is 12.8. The molecule has 1 fully saturated rings. The van der Waals surface area contributed by atoms with Crippen LogP contribution in [0.15, 0.2) is 29.4 Å². The van der Waals surface area contributed by atoms with Crippen LogP contribution in [0, 0.1) is 6.92 Å². The molecule has 124 valence electrons. The Morgan fingerprint density at radius 2 is 1.91 bits per heavy atom. The van der Waals surface area contributed by atoms with Gasteiger partial charge >= 0.3 is 0 Å². The summed E-state index contributed by atoms with van der Waals surface area (Å²) in [6.07, 6.45) is 1.49.